The van der Waals surface area contributed by atoms with Gasteiger partial charge in [-0.25, -0.2) is 9.59 Å². The second-order valence-corrected chi connectivity index (χ2v) is 6.84. The molecule has 0 atom stereocenters. The van der Waals surface area contributed by atoms with Gasteiger partial charge in [-0.1, -0.05) is 37.1 Å². The first-order chi connectivity index (χ1) is 15.5. The van der Waals surface area contributed by atoms with Crippen molar-refractivity contribution in [2.75, 3.05) is 14.2 Å². The number of para-hydroxylation sites is 2. The zero-order chi connectivity index (χ0) is 23.3. The lowest BCUT2D eigenvalue weighted by Gasteiger charge is -2.09. The Morgan fingerprint density at radius 2 is 0.969 bits per heavy atom. The molecule has 0 N–H and O–H groups in total. The van der Waals surface area contributed by atoms with Crippen molar-refractivity contribution in [3.8, 4) is 11.5 Å². The molecule has 2 aromatic carbocycles. The molecule has 0 aromatic heterocycles. The van der Waals surface area contributed by atoms with Crippen LogP contribution in [-0.4, -0.2) is 38.1 Å². The van der Waals surface area contributed by atoms with Crippen LogP contribution in [0, 0.1) is 0 Å². The van der Waals surface area contributed by atoms with Crippen molar-refractivity contribution in [3.05, 3.63) is 59.7 Å². The fourth-order valence-electron chi connectivity index (χ4n) is 2.91. The molecule has 8 heteroatoms. The molecular formula is C24H26O8. The van der Waals surface area contributed by atoms with Gasteiger partial charge in [0.1, 0.15) is 22.6 Å². The number of carbonyl (C=O) groups excluding carboxylic acids is 4. The summed E-state index contributed by atoms with van der Waals surface area (Å²) in [7, 11) is 2.52. The van der Waals surface area contributed by atoms with E-state index in [1.54, 1.807) is 24.3 Å². The first-order valence-corrected chi connectivity index (χ1v) is 10.2. The molecule has 0 saturated carbocycles. The summed E-state index contributed by atoms with van der Waals surface area (Å²) >= 11 is 0. The molecule has 0 aliphatic heterocycles. The molecule has 0 heterocycles. The third-order valence-electron chi connectivity index (χ3n) is 4.54. The van der Waals surface area contributed by atoms with Crippen LogP contribution in [0.2, 0.25) is 0 Å². The molecule has 0 aliphatic carbocycles. The Kier molecular flexibility index (Phi) is 9.90. The molecule has 8 nitrogen and oxygen atoms in total. The zero-order valence-electron chi connectivity index (χ0n) is 18.1. The lowest BCUT2D eigenvalue weighted by Crippen LogP contribution is -2.12. The van der Waals surface area contributed by atoms with Crippen LogP contribution in [0.1, 0.15) is 59.2 Å². The van der Waals surface area contributed by atoms with Crippen molar-refractivity contribution in [3.63, 3.8) is 0 Å². The average Bonchev–Trinajstić information content (AvgIpc) is 2.81. The van der Waals surface area contributed by atoms with Crippen LogP contribution in [0.3, 0.4) is 0 Å². The molecule has 0 unspecified atom stereocenters. The maximum atomic E-state index is 12.0. The summed E-state index contributed by atoms with van der Waals surface area (Å²) in [5.74, 6) is -1.71. The monoisotopic (exact) mass is 442 g/mol. The number of benzene rings is 2. The molecule has 0 aliphatic rings. The number of unbranched alkanes of at least 4 members (excludes halogenated alkanes) is 3. The molecule has 0 amide bonds. The Morgan fingerprint density at radius 3 is 1.34 bits per heavy atom. The van der Waals surface area contributed by atoms with Crippen LogP contribution in [0.4, 0.5) is 0 Å². The van der Waals surface area contributed by atoms with E-state index in [0.717, 1.165) is 12.8 Å². The molecule has 0 spiro atoms. The second kappa shape index (κ2) is 12.9. The zero-order valence-corrected chi connectivity index (χ0v) is 18.1. The molecule has 32 heavy (non-hydrogen) atoms. The fourth-order valence-corrected chi connectivity index (χ4v) is 2.91. The third kappa shape index (κ3) is 7.54. The van der Waals surface area contributed by atoms with Gasteiger partial charge < -0.3 is 18.9 Å². The van der Waals surface area contributed by atoms with E-state index in [0.29, 0.717) is 12.8 Å². The summed E-state index contributed by atoms with van der Waals surface area (Å²) < 4.78 is 19.9. The van der Waals surface area contributed by atoms with Crippen LogP contribution in [-0.2, 0) is 19.1 Å². The molecule has 2 rings (SSSR count). The minimum atomic E-state index is -0.575. The number of methoxy groups -OCH3 is 2. The van der Waals surface area contributed by atoms with E-state index in [9.17, 15) is 19.2 Å². The van der Waals surface area contributed by atoms with Gasteiger partial charge in [0, 0.05) is 12.8 Å². The van der Waals surface area contributed by atoms with Crippen molar-refractivity contribution >= 4 is 23.9 Å². The van der Waals surface area contributed by atoms with Crippen molar-refractivity contribution in [2.24, 2.45) is 0 Å². The number of esters is 4. The average molecular weight is 442 g/mol. The molecule has 0 radical (unpaired) electrons. The van der Waals surface area contributed by atoms with Crippen molar-refractivity contribution in [1.29, 1.82) is 0 Å². The quantitative estimate of drug-likeness (QED) is 0.291. The van der Waals surface area contributed by atoms with Gasteiger partial charge in [-0.05, 0) is 37.1 Å². The maximum Gasteiger partial charge on any atom is 0.341 e. The highest BCUT2D eigenvalue weighted by Gasteiger charge is 2.16. The number of ether oxygens (including phenoxy) is 4. The summed E-state index contributed by atoms with van der Waals surface area (Å²) in [6.07, 6.45) is 2.98. The second-order valence-electron chi connectivity index (χ2n) is 6.84. The van der Waals surface area contributed by atoms with E-state index in [1.807, 2.05) is 0 Å². The van der Waals surface area contributed by atoms with Crippen LogP contribution in [0.25, 0.3) is 0 Å². The Bertz CT molecular complexity index is 873. The summed E-state index contributed by atoms with van der Waals surface area (Å²) in [6, 6.07) is 12.8. The number of rotatable bonds is 11. The summed E-state index contributed by atoms with van der Waals surface area (Å²) in [4.78, 5) is 47.5. The first-order valence-electron chi connectivity index (χ1n) is 10.2. The molecule has 0 saturated heterocycles. The molecule has 0 fully saturated rings. The van der Waals surface area contributed by atoms with Gasteiger partial charge in [-0.3, -0.25) is 9.59 Å². The maximum absolute atomic E-state index is 12.0. The van der Waals surface area contributed by atoms with Gasteiger partial charge in [0.05, 0.1) is 14.2 Å². The molecule has 0 bridgehead atoms. The van der Waals surface area contributed by atoms with Gasteiger partial charge in [-0.2, -0.15) is 0 Å². The van der Waals surface area contributed by atoms with E-state index >= 15 is 0 Å². The lowest BCUT2D eigenvalue weighted by atomic mass is 10.1. The Balaban J connectivity index is 1.68. The first kappa shape index (κ1) is 24.6. The molecular weight excluding hydrogens is 416 g/mol. The minimum Gasteiger partial charge on any atom is -0.465 e. The van der Waals surface area contributed by atoms with Gasteiger partial charge in [0.25, 0.3) is 0 Å². The fraction of sp³-hybridized carbons (Fsp3) is 0.333. The SMILES string of the molecule is COC(=O)c1ccccc1OC(=O)CCCCCCC(=O)Oc1ccccc1C(=O)OC. The Hall–Kier alpha value is -3.68. The van der Waals surface area contributed by atoms with Gasteiger partial charge in [-0.15, -0.1) is 0 Å². The standard InChI is InChI=1S/C24H26O8/c1-29-23(27)17-11-7-9-13-19(17)31-21(25)15-5-3-4-6-16-22(26)32-20-14-10-8-12-18(20)24(28)30-2/h7-14H,3-6,15-16H2,1-2H3. The van der Waals surface area contributed by atoms with E-state index in [1.165, 1.54) is 38.5 Å². The molecule has 170 valence electrons. The summed E-state index contributed by atoms with van der Waals surface area (Å²) in [5.41, 5.74) is 0.381. The highest BCUT2D eigenvalue weighted by atomic mass is 16.6. The van der Waals surface area contributed by atoms with E-state index in [-0.39, 0.29) is 35.5 Å². The smallest absolute Gasteiger partial charge is 0.341 e. The van der Waals surface area contributed by atoms with Gasteiger partial charge in [0.15, 0.2) is 0 Å². The number of hydrogen-bond acceptors (Lipinski definition) is 8. The van der Waals surface area contributed by atoms with Crippen molar-refractivity contribution < 1.29 is 38.1 Å². The van der Waals surface area contributed by atoms with Crippen LogP contribution in [0.5, 0.6) is 11.5 Å². The predicted molar refractivity (Wildman–Crippen MR) is 115 cm³/mol. The van der Waals surface area contributed by atoms with Crippen LogP contribution in [0.15, 0.2) is 48.5 Å². The van der Waals surface area contributed by atoms with Crippen LogP contribution < -0.4 is 9.47 Å². The van der Waals surface area contributed by atoms with Gasteiger partial charge in [0.2, 0.25) is 0 Å². The number of hydrogen-bond donors (Lipinski definition) is 0. The Morgan fingerprint density at radius 1 is 0.594 bits per heavy atom. The number of carbonyl (C=O) groups is 4. The third-order valence-corrected chi connectivity index (χ3v) is 4.54. The lowest BCUT2D eigenvalue weighted by molar-refractivity contribution is -0.135. The highest BCUT2D eigenvalue weighted by molar-refractivity contribution is 5.94. The predicted octanol–water partition coefficient (Wildman–Crippen LogP) is 4.11. The molecule has 2 aromatic rings. The Labute approximate surface area is 186 Å². The van der Waals surface area contributed by atoms with Crippen molar-refractivity contribution in [2.45, 2.75) is 38.5 Å². The van der Waals surface area contributed by atoms with E-state index in [4.69, 9.17) is 9.47 Å². The largest absolute Gasteiger partial charge is 0.465 e. The van der Waals surface area contributed by atoms with E-state index in [2.05, 4.69) is 9.47 Å². The summed E-state index contributed by atoms with van der Waals surface area (Å²) in [5, 5.41) is 0. The normalized spacial score (nSPS) is 10.2. The van der Waals surface area contributed by atoms with Gasteiger partial charge >= 0.3 is 23.9 Å². The summed E-state index contributed by atoms with van der Waals surface area (Å²) in [6.45, 7) is 0. The topological polar surface area (TPSA) is 105 Å². The van der Waals surface area contributed by atoms with Crippen molar-refractivity contribution in [1.82, 2.24) is 0 Å². The minimum absolute atomic E-state index is 0.166. The van der Waals surface area contributed by atoms with Crippen LogP contribution >= 0.6 is 0 Å². The highest BCUT2D eigenvalue weighted by Crippen LogP contribution is 2.21. The van der Waals surface area contributed by atoms with E-state index < -0.39 is 23.9 Å².